The number of rotatable bonds is 6. The van der Waals surface area contributed by atoms with Crippen LogP contribution < -0.4 is 4.74 Å². The molecule has 4 nitrogen and oxygen atoms in total. The molecule has 29 heavy (non-hydrogen) atoms. The fourth-order valence-electron chi connectivity index (χ4n) is 2.86. The van der Waals surface area contributed by atoms with Crippen LogP contribution in [0.4, 0.5) is 0 Å². The zero-order chi connectivity index (χ0) is 20.2. The number of ether oxygens (including phenoxy) is 1. The van der Waals surface area contributed by atoms with Crippen LogP contribution in [-0.2, 0) is 11.2 Å². The predicted octanol–water partition coefficient (Wildman–Crippen LogP) is 6.55. The number of benzene rings is 3. The average Bonchev–Trinajstić information content (AvgIpc) is 3.13. The fourth-order valence-corrected chi connectivity index (χ4v) is 4.06. The lowest BCUT2D eigenvalue weighted by Crippen LogP contribution is -1.99. The highest BCUT2D eigenvalue weighted by Crippen LogP contribution is 2.35. The molecule has 1 aromatic heterocycles. The highest BCUT2D eigenvalue weighted by atomic mass is 35.5. The van der Waals surface area contributed by atoms with Crippen molar-refractivity contribution in [2.75, 3.05) is 0 Å². The molecular weight excluding hydrogens is 406 g/mol. The molecule has 0 radical (unpaired) electrons. The van der Waals surface area contributed by atoms with Gasteiger partial charge in [-0.15, -0.1) is 11.3 Å². The summed E-state index contributed by atoms with van der Waals surface area (Å²) in [7, 11) is 0. The highest BCUT2D eigenvalue weighted by molar-refractivity contribution is 7.15. The molecule has 3 aromatic carbocycles. The molecule has 0 fully saturated rings. The number of carboxylic acids is 1. The van der Waals surface area contributed by atoms with Crippen LogP contribution in [0.2, 0.25) is 5.02 Å². The van der Waals surface area contributed by atoms with Crippen LogP contribution in [0.25, 0.3) is 21.8 Å². The second-order valence-electron chi connectivity index (χ2n) is 6.31. The number of thiazole rings is 1. The first-order valence-electron chi connectivity index (χ1n) is 8.89. The summed E-state index contributed by atoms with van der Waals surface area (Å²) in [5, 5.41) is 10.7. The summed E-state index contributed by atoms with van der Waals surface area (Å²) < 4.78 is 5.83. The zero-order valence-corrected chi connectivity index (χ0v) is 16.8. The maximum absolute atomic E-state index is 11.3. The van der Waals surface area contributed by atoms with E-state index in [-0.39, 0.29) is 6.42 Å². The third kappa shape index (κ3) is 4.65. The van der Waals surface area contributed by atoms with Gasteiger partial charge in [-0.1, -0.05) is 41.9 Å². The second-order valence-corrected chi connectivity index (χ2v) is 7.83. The number of aliphatic carboxylic acids is 1. The molecule has 1 N–H and O–H groups in total. The molecule has 1 heterocycles. The molecule has 0 saturated heterocycles. The normalized spacial score (nSPS) is 10.7. The van der Waals surface area contributed by atoms with Crippen LogP contribution in [0.3, 0.4) is 0 Å². The molecule has 6 heteroatoms. The number of halogens is 1. The molecule has 0 spiro atoms. The number of carbonyl (C=O) groups is 1. The predicted molar refractivity (Wildman–Crippen MR) is 116 cm³/mol. The summed E-state index contributed by atoms with van der Waals surface area (Å²) in [5.74, 6) is 0.569. The van der Waals surface area contributed by atoms with Crippen LogP contribution in [0.15, 0.2) is 78.9 Å². The number of aromatic nitrogens is 1. The summed E-state index contributed by atoms with van der Waals surface area (Å²) in [5.41, 5.74) is 2.42. The Balaban J connectivity index is 1.65. The number of hydrogen-bond donors (Lipinski definition) is 1. The van der Waals surface area contributed by atoms with E-state index in [0.29, 0.717) is 21.3 Å². The van der Waals surface area contributed by atoms with Gasteiger partial charge in [-0.05, 0) is 48.5 Å². The zero-order valence-electron chi connectivity index (χ0n) is 15.2. The smallest absolute Gasteiger partial charge is 0.308 e. The van der Waals surface area contributed by atoms with Gasteiger partial charge in [-0.3, -0.25) is 4.79 Å². The van der Waals surface area contributed by atoms with Crippen molar-refractivity contribution in [3.05, 3.63) is 88.8 Å². The van der Waals surface area contributed by atoms with Gasteiger partial charge in [0, 0.05) is 21.0 Å². The molecule has 0 bridgehead atoms. The Kier molecular flexibility index (Phi) is 5.60. The molecular formula is C23H16ClNO3S. The summed E-state index contributed by atoms with van der Waals surface area (Å²) in [6.07, 6.45) is -0.0805. The van der Waals surface area contributed by atoms with E-state index in [1.165, 1.54) is 11.3 Å². The van der Waals surface area contributed by atoms with E-state index in [2.05, 4.69) is 0 Å². The molecule has 4 aromatic rings. The minimum atomic E-state index is -0.887. The van der Waals surface area contributed by atoms with Gasteiger partial charge in [0.25, 0.3) is 0 Å². The number of para-hydroxylation sites is 1. The largest absolute Gasteiger partial charge is 0.481 e. The maximum Gasteiger partial charge on any atom is 0.308 e. The van der Waals surface area contributed by atoms with Crippen molar-refractivity contribution in [3.63, 3.8) is 0 Å². The van der Waals surface area contributed by atoms with Crippen molar-refractivity contribution in [1.29, 1.82) is 0 Å². The molecule has 0 aliphatic rings. The SMILES string of the molecule is O=C(O)Cc1sc(-c2ccc(Cl)cc2)nc1-c1ccc(Oc2ccccc2)cc1. The first kappa shape index (κ1) is 19.2. The third-order valence-electron chi connectivity index (χ3n) is 4.21. The maximum atomic E-state index is 11.3. The molecule has 4 rings (SSSR count). The molecule has 0 saturated carbocycles. The van der Waals surface area contributed by atoms with Gasteiger partial charge in [0.15, 0.2) is 0 Å². The number of nitrogens with zero attached hydrogens (tertiary/aromatic N) is 1. The van der Waals surface area contributed by atoms with E-state index in [0.717, 1.165) is 21.9 Å². The van der Waals surface area contributed by atoms with Crippen molar-refractivity contribution < 1.29 is 14.6 Å². The van der Waals surface area contributed by atoms with Crippen LogP contribution in [0.5, 0.6) is 11.5 Å². The second kappa shape index (κ2) is 8.47. The number of hydrogen-bond acceptors (Lipinski definition) is 4. The summed E-state index contributed by atoms with van der Waals surface area (Å²) in [6.45, 7) is 0. The van der Waals surface area contributed by atoms with Crippen LogP contribution in [-0.4, -0.2) is 16.1 Å². The summed E-state index contributed by atoms with van der Waals surface area (Å²) in [4.78, 5) is 16.8. The molecule has 0 aliphatic heterocycles. The topological polar surface area (TPSA) is 59.4 Å². The fraction of sp³-hybridized carbons (Fsp3) is 0.0435. The lowest BCUT2D eigenvalue weighted by molar-refractivity contribution is -0.136. The Bertz CT molecular complexity index is 1120. The Hall–Kier alpha value is -3.15. The van der Waals surface area contributed by atoms with Gasteiger partial charge in [0.2, 0.25) is 0 Å². The van der Waals surface area contributed by atoms with Gasteiger partial charge in [-0.25, -0.2) is 4.98 Å². The molecule has 0 aliphatic carbocycles. The molecule has 0 unspecified atom stereocenters. The first-order chi connectivity index (χ1) is 14.1. The minimum absolute atomic E-state index is 0.0805. The quantitative estimate of drug-likeness (QED) is 0.383. The Labute approximate surface area is 177 Å². The average molecular weight is 422 g/mol. The van der Waals surface area contributed by atoms with Crippen molar-refractivity contribution in [3.8, 4) is 33.3 Å². The van der Waals surface area contributed by atoms with E-state index < -0.39 is 5.97 Å². The van der Waals surface area contributed by atoms with E-state index in [1.807, 2.05) is 66.7 Å². The lowest BCUT2D eigenvalue weighted by Gasteiger charge is -2.06. The lowest BCUT2D eigenvalue weighted by atomic mass is 10.1. The molecule has 0 amide bonds. The first-order valence-corrected chi connectivity index (χ1v) is 10.1. The van der Waals surface area contributed by atoms with E-state index in [1.54, 1.807) is 12.1 Å². The van der Waals surface area contributed by atoms with Crippen LogP contribution >= 0.6 is 22.9 Å². The van der Waals surface area contributed by atoms with Crippen molar-refractivity contribution in [2.45, 2.75) is 6.42 Å². The Morgan fingerprint density at radius 1 is 0.897 bits per heavy atom. The van der Waals surface area contributed by atoms with Crippen molar-refractivity contribution >= 4 is 28.9 Å². The van der Waals surface area contributed by atoms with Crippen LogP contribution in [0, 0.1) is 0 Å². The van der Waals surface area contributed by atoms with Gasteiger partial charge in [0.05, 0.1) is 12.1 Å². The van der Waals surface area contributed by atoms with Gasteiger partial charge in [-0.2, -0.15) is 0 Å². The van der Waals surface area contributed by atoms with E-state index in [9.17, 15) is 9.90 Å². The van der Waals surface area contributed by atoms with Gasteiger partial charge < -0.3 is 9.84 Å². The summed E-state index contributed by atoms with van der Waals surface area (Å²) in [6, 6.07) is 24.4. The standard InChI is InChI=1S/C23H16ClNO3S/c24-17-10-6-16(7-11-17)23-25-22(20(29-23)14-21(26)27)15-8-12-19(13-9-15)28-18-4-2-1-3-5-18/h1-13H,14H2,(H,26,27). The van der Waals surface area contributed by atoms with E-state index >= 15 is 0 Å². The van der Waals surface area contributed by atoms with Crippen molar-refractivity contribution in [1.82, 2.24) is 4.98 Å². The minimum Gasteiger partial charge on any atom is -0.481 e. The summed E-state index contributed by atoms with van der Waals surface area (Å²) >= 11 is 7.35. The molecule has 0 atom stereocenters. The van der Waals surface area contributed by atoms with Gasteiger partial charge >= 0.3 is 5.97 Å². The van der Waals surface area contributed by atoms with E-state index in [4.69, 9.17) is 21.3 Å². The molecule has 144 valence electrons. The van der Waals surface area contributed by atoms with Crippen LogP contribution in [0.1, 0.15) is 4.88 Å². The van der Waals surface area contributed by atoms with Gasteiger partial charge in [0.1, 0.15) is 16.5 Å². The van der Waals surface area contributed by atoms with Crippen molar-refractivity contribution in [2.24, 2.45) is 0 Å². The Morgan fingerprint density at radius 2 is 1.52 bits per heavy atom. The third-order valence-corrected chi connectivity index (χ3v) is 5.56. The Morgan fingerprint density at radius 3 is 2.17 bits per heavy atom. The monoisotopic (exact) mass is 421 g/mol. The highest BCUT2D eigenvalue weighted by Gasteiger charge is 2.17. The number of carboxylic acid groups (broad SMARTS) is 1.